The van der Waals surface area contributed by atoms with Crippen LogP contribution in [0, 0.1) is 0 Å². The Balaban J connectivity index is 1.44. The van der Waals surface area contributed by atoms with Gasteiger partial charge in [-0.2, -0.15) is 4.31 Å². The van der Waals surface area contributed by atoms with Crippen molar-refractivity contribution in [1.82, 2.24) is 19.4 Å². The van der Waals surface area contributed by atoms with Crippen molar-refractivity contribution in [3.05, 3.63) is 17.5 Å². The number of thiophene rings is 1. The largest absolute Gasteiger partial charge is 0.340 e. The zero-order valence-corrected chi connectivity index (χ0v) is 16.5. The van der Waals surface area contributed by atoms with Gasteiger partial charge < -0.3 is 10.2 Å². The minimum Gasteiger partial charge on any atom is -0.340 e. The summed E-state index contributed by atoms with van der Waals surface area (Å²) in [6, 6.07) is 3.23. The number of hydrogen-bond donors (Lipinski definition) is 1. The van der Waals surface area contributed by atoms with Crippen LogP contribution in [-0.2, 0) is 14.8 Å². The van der Waals surface area contributed by atoms with Crippen LogP contribution >= 0.6 is 11.3 Å². The Kier molecular flexibility index (Phi) is 5.34. The lowest BCUT2D eigenvalue weighted by Gasteiger charge is -2.33. The van der Waals surface area contributed by atoms with Gasteiger partial charge in [0.05, 0.1) is 0 Å². The molecule has 0 bridgehead atoms. The number of rotatable bonds is 4. The molecule has 0 aliphatic carbocycles. The van der Waals surface area contributed by atoms with E-state index in [-0.39, 0.29) is 5.91 Å². The number of amides is 1. The minimum atomic E-state index is -3.57. The lowest BCUT2D eigenvalue weighted by atomic mass is 10.2. The number of carbonyl (C=O) groups excluding carboxylic acids is 1. The Morgan fingerprint density at radius 2 is 1.96 bits per heavy atom. The van der Waals surface area contributed by atoms with Gasteiger partial charge in [0.15, 0.2) is 0 Å². The standard InChI is InChI=1S/C17H26N4O3S2/c22-17(20-9-5-14(13-20)19-10-6-18-7-11-19)15-3-1-8-21(15)26(23,24)16-4-2-12-25-16/h2,4,12,14-15,18H,1,3,5-11,13H2. The van der Waals surface area contributed by atoms with Gasteiger partial charge in [0.2, 0.25) is 5.91 Å². The number of nitrogens with zero attached hydrogens (tertiary/aromatic N) is 3. The van der Waals surface area contributed by atoms with Gasteiger partial charge in [-0.25, -0.2) is 8.42 Å². The van der Waals surface area contributed by atoms with Crippen LogP contribution in [0.15, 0.2) is 21.7 Å². The maximum atomic E-state index is 13.1. The molecule has 144 valence electrons. The average molecular weight is 399 g/mol. The summed E-state index contributed by atoms with van der Waals surface area (Å²) in [7, 11) is -3.57. The molecule has 3 saturated heterocycles. The van der Waals surface area contributed by atoms with E-state index in [2.05, 4.69) is 10.2 Å². The van der Waals surface area contributed by atoms with Gasteiger partial charge in [0.25, 0.3) is 10.0 Å². The van der Waals surface area contributed by atoms with Gasteiger partial charge in [-0.05, 0) is 30.7 Å². The zero-order valence-electron chi connectivity index (χ0n) is 14.8. The molecule has 3 aliphatic heterocycles. The first kappa shape index (κ1) is 18.4. The van der Waals surface area contributed by atoms with Crippen LogP contribution in [0.5, 0.6) is 0 Å². The maximum absolute atomic E-state index is 13.1. The van der Waals surface area contributed by atoms with E-state index in [1.165, 1.54) is 15.6 Å². The summed E-state index contributed by atoms with van der Waals surface area (Å²) in [5.41, 5.74) is 0. The van der Waals surface area contributed by atoms with Gasteiger partial charge in [0.1, 0.15) is 10.3 Å². The van der Waals surface area contributed by atoms with E-state index < -0.39 is 16.1 Å². The fraction of sp³-hybridized carbons (Fsp3) is 0.706. The Labute approximate surface area is 159 Å². The number of likely N-dealkylation sites (tertiary alicyclic amines) is 1. The van der Waals surface area contributed by atoms with Crippen LogP contribution in [0.1, 0.15) is 19.3 Å². The van der Waals surface area contributed by atoms with Crippen LogP contribution in [0.3, 0.4) is 0 Å². The smallest absolute Gasteiger partial charge is 0.253 e. The van der Waals surface area contributed by atoms with Crippen molar-refractivity contribution in [1.29, 1.82) is 0 Å². The Morgan fingerprint density at radius 1 is 1.15 bits per heavy atom. The summed E-state index contributed by atoms with van der Waals surface area (Å²) in [6.07, 6.45) is 2.35. The molecular weight excluding hydrogens is 372 g/mol. The molecule has 2 unspecified atom stereocenters. The molecule has 3 fully saturated rings. The maximum Gasteiger partial charge on any atom is 0.253 e. The fourth-order valence-corrected chi connectivity index (χ4v) is 7.07. The third kappa shape index (κ3) is 3.43. The Hall–Kier alpha value is -1.00. The highest BCUT2D eigenvalue weighted by Gasteiger charge is 2.43. The van der Waals surface area contributed by atoms with Crippen molar-refractivity contribution in [2.24, 2.45) is 0 Å². The predicted molar refractivity (Wildman–Crippen MR) is 101 cm³/mol. The van der Waals surface area contributed by atoms with Crippen molar-refractivity contribution in [3.8, 4) is 0 Å². The second-order valence-corrected chi connectivity index (χ2v) is 10.3. The van der Waals surface area contributed by atoms with Crippen molar-refractivity contribution in [3.63, 3.8) is 0 Å². The molecule has 1 N–H and O–H groups in total. The van der Waals surface area contributed by atoms with E-state index in [9.17, 15) is 13.2 Å². The molecule has 0 spiro atoms. The number of sulfonamides is 1. The van der Waals surface area contributed by atoms with Crippen molar-refractivity contribution < 1.29 is 13.2 Å². The molecule has 1 aromatic heterocycles. The second kappa shape index (κ2) is 7.55. The molecule has 3 aliphatic rings. The normalized spacial score (nSPS) is 28.7. The first-order chi connectivity index (χ1) is 12.6. The molecule has 0 radical (unpaired) electrons. The van der Waals surface area contributed by atoms with Crippen LogP contribution in [-0.4, -0.2) is 86.3 Å². The van der Waals surface area contributed by atoms with Crippen molar-refractivity contribution >= 4 is 27.3 Å². The average Bonchev–Trinajstić information content (AvgIpc) is 3.43. The zero-order chi connectivity index (χ0) is 18.1. The summed E-state index contributed by atoms with van der Waals surface area (Å²) >= 11 is 1.21. The molecule has 4 rings (SSSR count). The monoisotopic (exact) mass is 398 g/mol. The summed E-state index contributed by atoms with van der Waals surface area (Å²) in [5.74, 6) is -0.0136. The predicted octanol–water partition coefficient (Wildman–Crippen LogP) is 0.407. The fourth-order valence-electron chi connectivity index (χ4n) is 4.30. The quantitative estimate of drug-likeness (QED) is 0.795. The molecule has 9 heteroatoms. The van der Waals surface area contributed by atoms with E-state index in [0.717, 1.165) is 52.1 Å². The topological polar surface area (TPSA) is 73.0 Å². The first-order valence-corrected chi connectivity index (χ1v) is 11.7. The number of nitrogens with one attached hydrogen (secondary N) is 1. The third-order valence-corrected chi connectivity index (χ3v) is 8.97. The van der Waals surface area contributed by atoms with Gasteiger partial charge in [-0.15, -0.1) is 11.3 Å². The first-order valence-electron chi connectivity index (χ1n) is 9.36. The minimum absolute atomic E-state index is 0.0136. The van der Waals surface area contributed by atoms with Crippen LogP contribution in [0.4, 0.5) is 0 Å². The highest BCUT2D eigenvalue weighted by Crippen LogP contribution is 2.30. The number of carbonyl (C=O) groups is 1. The van der Waals surface area contributed by atoms with Crippen LogP contribution in [0.25, 0.3) is 0 Å². The molecule has 2 atom stereocenters. The molecule has 26 heavy (non-hydrogen) atoms. The van der Waals surface area contributed by atoms with Gasteiger partial charge in [0, 0.05) is 51.9 Å². The highest BCUT2D eigenvalue weighted by atomic mass is 32.2. The molecule has 1 amide bonds. The van der Waals surface area contributed by atoms with E-state index in [1.807, 2.05) is 4.90 Å². The van der Waals surface area contributed by atoms with Gasteiger partial charge >= 0.3 is 0 Å². The lowest BCUT2D eigenvalue weighted by Crippen LogP contribution is -2.51. The Morgan fingerprint density at radius 3 is 2.69 bits per heavy atom. The molecule has 1 aromatic rings. The van der Waals surface area contributed by atoms with Crippen LogP contribution in [0.2, 0.25) is 0 Å². The van der Waals surface area contributed by atoms with E-state index in [0.29, 0.717) is 23.2 Å². The second-order valence-electron chi connectivity index (χ2n) is 7.22. The van der Waals surface area contributed by atoms with Gasteiger partial charge in [-0.1, -0.05) is 6.07 Å². The van der Waals surface area contributed by atoms with Crippen molar-refractivity contribution in [2.75, 3.05) is 45.8 Å². The van der Waals surface area contributed by atoms with Gasteiger partial charge in [-0.3, -0.25) is 9.69 Å². The molecule has 0 saturated carbocycles. The number of piperazine rings is 1. The summed E-state index contributed by atoms with van der Waals surface area (Å²) < 4.78 is 27.5. The van der Waals surface area contributed by atoms with Crippen LogP contribution < -0.4 is 5.32 Å². The SMILES string of the molecule is O=C(C1CCCN1S(=O)(=O)c1cccs1)N1CCC(N2CCNCC2)C1. The summed E-state index contributed by atoms with van der Waals surface area (Å²) in [5, 5.41) is 5.12. The molecule has 7 nitrogen and oxygen atoms in total. The summed E-state index contributed by atoms with van der Waals surface area (Å²) in [4.78, 5) is 17.4. The third-order valence-electron chi connectivity index (χ3n) is 5.69. The highest BCUT2D eigenvalue weighted by molar-refractivity contribution is 7.91. The van der Waals surface area contributed by atoms with E-state index in [1.54, 1.807) is 17.5 Å². The van der Waals surface area contributed by atoms with Crippen molar-refractivity contribution in [2.45, 2.75) is 35.6 Å². The number of hydrogen-bond acceptors (Lipinski definition) is 6. The molecule has 0 aromatic carbocycles. The Bertz CT molecular complexity index is 731. The van der Waals surface area contributed by atoms with E-state index >= 15 is 0 Å². The molecule has 4 heterocycles. The molecular formula is C17H26N4O3S2. The summed E-state index contributed by atoms with van der Waals surface area (Å²) in [6.45, 7) is 5.94. The van der Waals surface area contributed by atoms with E-state index in [4.69, 9.17) is 0 Å². The lowest BCUT2D eigenvalue weighted by molar-refractivity contribution is -0.133.